The Morgan fingerprint density at radius 1 is 1.29 bits per heavy atom. The van der Waals surface area contributed by atoms with Gasteiger partial charge < -0.3 is 14.7 Å². The van der Waals surface area contributed by atoms with Crippen LogP contribution in [0.15, 0.2) is 18.6 Å². The fourth-order valence-electron chi connectivity index (χ4n) is 3.68. The van der Waals surface area contributed by atoms with Gasteiger partial charge >= 0.3 is 0 Å². The first-order valence-electron chi connectivity index (χ1n) is 8.51. The number of hydrogen-bond donors (Lipinski definition) is 0. The molecule has 2 fully saturated rings. The summed E-state index contributed by atoms with van der Waals surface area (Å²) >= 11 is 0. The molecule has 7 heteroatoms. The molecule has 1 spiro atoms. The standard InChI is InChI=1S/C17H25N5O2/c1-20(2)10-11-21-9-5-17(16(21)24)4-3-8-22(13-17)15(23)14-12-18-6-7-19-14/h6-7,12H,3-5,8-11,13H2,1-2H3/t17-/m1/s1. The molecule has 0 N–H and O–H groups in total. The van der Waals surface area contributed by atoms with Gasteiger partial charge in [0.2, 0.25) is 5.91 Å². The Morgan fingerprint density at radius 2 is 2.12 bits per heavy atom. The van der Waals surface area contributed by atoms with E-state index < -0.39 is 5.41 Å². The highest BCUT2D eigenvalue weighted by Gasteiger charge is 2.49. The van der Waals surface area contributed by atoms with E-state index in [2.05, 4.69) is 14.9 Å². The van der Waals surface area contributed by atoms with Crippen LogP contribution in [0.5, 0.6) is 0 Å². The minimum absolute atomic E-state index is 0.123. The molecule has 0 aliphatic carbocycles. The van der Waals surface area contributed by atoms with E-state index in [-0.39, 0.29) is 11.8 Å². The van der Waals surface area contributed by atoms with Crippen LogP contribution in [0.25, 0.3) is 0 Å². The van der Waals surface area contributed by atoms with E-state index in [0.717, 1.165) is 38.9 Å². The third kappa shape index (κ3) is 3.26. The summed E-state index contributed by atoms with van der Waals surface area (Å²) in [5, 5.41) is 0. The Morgan fingerprint density at radius 3 is 2.83 bits per heavy atom. The molecule has 3 rings (SSSR count). The van der Waals surface area contributed by atoms with Crippen molar-refractivity contribution in [3.63, 3.8) is 0 Å². The normalized spacial score (nSPS) is 24.2. The number of carbonyl (C=O) groups is 2. The molecule has 24 heavy (non-hydrogen) atoms. The molecule has 130 valence electrons. The summed E-state index contributed by atoms with van der Waals surface area (Å²) < 4.78 is 0. The van der Waals surface area contributed by atoms with E-state index >= 15 is 0 Å². The second-order valence-electron chi connectivity index (χ2n) is 7.05. The zero-order chi connectivity index (χ0) is 17.2. The van der Waals surface area contributed by atoms with E-state index in [4.69, 9.17) is 0 Å². The quantitative estimate of drug-likeness (QED) is 0.803. The van der Waals surface area contributed by atoms with Gasteiger partial charge in [0.25, 0.3) is 5.91 Å². The molecule has 2 aliphatic rings. The van der Waals surface area contributed by atoms with Crippen molar-refractivity contribution in [2.24, 2.45) is 5.41 Å². The van der Waals surface area contributed by atoms with Gasteiger partial charge in [-0.1, -0.05) is 0 Å². The molecule has 1 atom stereocenters. The van der Waals surface area contributed by atoms with Crippen LogP contribution in [0.3, 0.4) is 0 Å². The molecule has 0 unspecified atom stereocenters. The zero-order valence-electron chi connectivity index (χ0n) is 14.4. The monoisotopic (exact) mass is 331 g/mol. The van der Waals surface area contributed by atoms with Crippen LogP contribution >= 0.6 is 0 Å². The van der Waals surface area contributed by atoms with Crippen LogP contribution in [0.4, 0.5) is 0 Å². The second-order valence-corrected chi connectivity index (χ2v) is 7.05. The van der Waals surface area contributed by atoms with E-state index in [1.807, 2.05) is 19.0 Å². The predicted octanol–water partition coefficient (Wildman–Crippen LogP) is 0.493. The lowest BCUT2D eigenvalue weighted by Crippen LogP contribution is -2.50. The second kappa shape index (κ2) is 6.84. The van der Waals surface area contributed by atoms with Gasteiger partial charge in [-0.05, 0) is 33.4 Å². The van der Waals surface area contributed by atoms with Crippen molar-refractivity contribution in [1.29, 1.82) is 0 Å². The lowest BCUT2D eigenvalue weighted by atomic mass is 9.78. The topological polar surface area (TPSA) is 69.6 Å². The molecule has 1 aromatic rings. The minimum Gasteiger partial charge on any atom is -0.341 e. The van der Waals surface area contributed by atoms with Crippen molar-refractivity contribution in [2.75, 3.05) is 46.8 Å². The third-order valence-corrected chi connectivity index (χ3v) is 5.06. The minimum atomic E-state index is -0.400. The van der Waals surface area contributed by atoms with Crippen molar-refractivity contribution >= 4 is 11.8 Å². The van der Waals surface area contributed by atoms with Gasteiger partial charge in [-0.15, -0.1) is 0 Å². The molecule has 0 aromatic carbocycles. The molecule has 0 radical (unpaired) electrons. The average molecular weight is 331 g/mol. The Kier molecular flexibility index (Phi) is 4.80. The number of aromatic nitrogens is 2. The molecule has 3 heterocycles. The highest BCUT2D eigenvalue weighted by Crippen LogP contribution is 2.40. The van der Waals surface area contributed by atoms with E-state index in [1.165, 1.54) is 12.4 Å². The van der Waals surface area contributed by atoms with Crippen molar-refractivity contribution < 1.29 is 9.59 Å². The summed E-state index contributed by atoms with van der Waals surface area (Å²) in [6, 6.07) is 0. The van der Waals surface area contributed by atoms with Crippen molar-refractivity contribution in [3.05, 3.63) is 24.3 Å². The summed E-state index contributed by atoms with van der Waals surface area (Å²) in [4.78, 5) is 39.5. The number of piperidine rings is 1. The number of carbonyl (C=O) groups excluding carboxylic acids is 2. The SMILES string of the molecule is CN(C)CCN1CC[C@@]2(CCCN(C(=O)c3cnccn3)C2)C1=O. The van der Waals surface area contributed by atoms with Crippen LogP contribution in [0.2, 0.25) is 0 Å². The Balaban J connectivity index is 1.69. The van der Waals surface area contributed by atoms with E-state index in [1.54, 1.807) is 11.1 Å². The number of likely N-dealkylation sites (N-methyl/N-ethyl adjacent to an activating group) is 1. The lowest BCUT2D eigenvalue weighted by molar-refractivity contribution is -0.138. The molecular formula is C17H25N5O2. The van der Waals surface area contributed by atoms with E-state index in [9.17, 15) is 9.59 Å². The summed E-state index contributed by atoms with van der Waals surface area (Å²) in [5.41, 5.74) is -0.0490. The first-order chi connectivity index (χ1) is 11.5. The molecular weight excluding hydrogens is 306 g/mol. The molecule has 2 aliphatic heterocycles. The maximum absolute atomic E-state index is 12.9. The number of rotatable bonds is 4. The van der Waals surface area contributed by atoms with Crippen molar-refractivity contribution in [1.82, 2.24) is 24.7 Å². The summed E-state index contributed by atoms with van der Waals surface area (Å²) in [7, 11) is 4.02. The molecule has 7 nitrogen and oxygen atoms in total. The first kappa shape index (κ1) is 16.8. The maximum atomic E-state index is 12.9. The lowest BCUT2D eigenvalue weighted by Gasteiger charge is -2.38. The molecule has 0 saturated carbocycles. The van der Waals surface area contributed by atoms with Crippen LogP contribution in [0.1, 0.15) is 29.8 Å². The number of hydrogen-bond acceptors (Lipinski definition) is 5. The molecule has 2 saturated heterocycles. The van der Waals surface area contributed by atoms with Crippen LogP contribution < -0.4 is 0 Å². The van der Waals surface area contributed by atoms with Crippen molar-refractivity contribution in [3.8, 4) is 0 Å². The summed E-state index contributed by atoms with van der Waals surface area (Å²) in [5.74, 6) is 0.0858. The molecule has 0 bridgehead atoms. The molecule has 2 amide bonds. The Labute approximate surface area is 142 Å². The Hall–Kier alpha value is -2.02. The van der Waals surface area contributed by atoms with Gasteiger partial charge in [0.15, 0.2) is 0 Å². The van der Waals surface area contributed by atoms with Gasteiger partial charge in [0.1, 0.15) is 5.69 Å². The maximum Gasteiger partial charge on any atom is 0.274 e. The summed E-state index contributed by atoms with van der Waals surface area (Å²) in [6.07, 6.45) is 7.13. The van der Waals surface area contributed by atoms with E-state index in [0.29, 0.717) is 18.8 Å². The van der Waals surface area contributed by atoms with Crippen LogP contribution in [-0.4, -0.2) is 83.3 Å². The van der Waals surface area contributed by atoms with Gasteiger partial charge in [0, 0.05) is 45.1 Å². The zero-order valence-corrected chi connectivity index (χ0v) is 14.4. The van der Waals surface area contributed by atoms with Gasteiger partial charge in [0.05, 0.1) is 11.6 Å². The van der Waals surface area contributed by atoms with Gasteiger partial charge in [-0.3, -0.25) is 14.6 Å². The highest BCUT2D eigenvalue weighted by atomic mass is 16.2. The van der Waals surface area contributed by atoms with Gasteiger partial charge in [-0.25, -0.2) is 4.98 Å². The molecule has 1 aromatic heterocycles. The Bertz CT molecular complexity index is 606. The van der Waals surface area contributed by atoms with Gasteiger partial charge in [-0.2, -0.15) is 0 Å². The van der Waals surface area contributed by atoms with Crippen LogP contribution in [0, 0.1) is 5.41 Å². The predicted molar refractivity (Wildman–Crippen MR) is 89.4 cm³/mol. The number of amides is 2. The number of nitrogens with zero attached hydrogens (tertiary/aromatic N) is 5. The number of likely N-dealkylation sites (tertiary alicyclic amines) is 2. The first-order valence-corrected chi connectivity index (χ1v) is 8.51. The fourth-order valence-corrected chi connectivity index (χ4v) is 3.68. The fraction of sp³-hybridized carbons (Fsp3) is 0.647. The van der Waals surface area contributed by atoms with Crippen LogP contribution in [-0.2, 0) is 4.79 Å². The van der Waals surface area contributed by atoms with Crippen molar-refractivity contribution in [2.45, 2.75) is 19.3 Å². The largest absolute Gasteiger partial charge is 0.341 e. The highest BCUT2D eigenvalue weighted by molar-refractivity contribution is 5.93. The third-order valence-electron chi connectivity index (χ3n) is 5.06. The smallest absolute Gasteiger partial charge is 0.274 e. The average Bonchev–Trinajstić information content (AvgIpc) is 2.89. The summed E-state index contributed by atoms with van der Waals surface area (Å²) in [6.45, 7) is 3.59.